The molecule has 0 unspecified atom stereocenters. The summed E-state index contributed by atoms with van der Waals surface area (Å²) in [7, 11) is 0. The molecule has 0 spiro atoms. The third-order valence-electron chi connectivity index (χ3n) is 6.83. The van der Waals surface area contributed by atoms with Crippen molar-refractivity contribution in [1.29, 1.82) is 0 Å². The van der Waals surface area contributed by atoms with Crippen molar-refractivity contribution in [2.45, 2.75) is 19.0 Å². The molecule has 40 heavy (non-hydrogen) atoms. The molecule has 3 aromatic carbocycles. The number of nitrogens with one attached hydrogen (secondary N) is 1. The minimum absolute atomic E-state index is 0.0917. The Bertz CT molecular complexity index is 1410. The van der Waals surface area contributed by atoms with E-state index in [9.17, 15) is 14.0 Å². The predicted octanol–water partition coefficient (Wildman–Crippen LogP) is 5.01. The van der Waals surface area contributed by atoms with Gasteiger partial charge in [-0.05, 0) is 59.2 Å². The number of hydrogen-bond donors (Lipinski definition) is 1. The standard InChI is InChI=1S/C32H31FN4O3/c33-27-10-4-9-26(21-27)31(32(39)35-28-11-13-29(14-12-28)36-16-18-40-19-17-36)37(23-25-8-5-15-34-22-25)30(38)20-24-6-2-1-3-7-24/h1-15,21-22,31H,16-20,23H2,(H,35,39)/t31-/m1/s1. The largest absolute Gasteiger partial charge is 0.378 e. The maximum Gasteiger partial charge on any atom is 0.251 e. The van der Waals surface area contributed by atoms with E-state index in [4.69, 9.17) is 4.74 Å². The van der Waals surface area contributed by atoms with Crippen molar-refractivity contribution in [2.24, 2.45) is 0 Å². The van der Waals surface area contributed by atoms with Crippen molar-refractivity contribution in [3.05, 3.63) is 126 Å². The monoisotopic (exact) mass is 538 g/mol. The van der Waals surface area contributed by atoms with Crippen LogP contribution in [0.5, 0.6) is 0 Å². The minimum Gasteiger partial charge on any atom is -0.378 e. The number of pyridine rings is 1. The zero-order valence-corrected chi connectivity index (χ0v) is 22.1. The van der Waals surface area contributed by atoms with Crippen LogP contribution in [0, 0.1) is 5.82 Å². The third kappa shape index (κ3) is 6.90. The molecule has 1 aliphatic heterocycles. The van der Waals surface area contributed by atoms with E-state index in [-0.39, 0.29) is 18.9 Å². The van der Waals surface area contributed by atoms with Crippen molar-refractivity contribution in [3.8, 4) is 0 Å². The lowest BCUT2D eigenvalue weighted by atomic mass is 10.0. The van der Waals surface area contributed by atoms with E-state index in [1.165, 1.54) is 17.0 Å². The molecule has 2 heterocycles. The fourth-order valence-corrected chi connectivity index (χ4v) is 4.82. The lowest BCUT2D eigenvalue weighted by Gasteiger charge is -2.32. The molecule has 0 saturated carbocycles. The molecule has 1 N–H and O–H groups in total. The number of anilines is 2. The molecule has 2 amide bonds. The molecule has 0 aliphatic carbocycles. The number of aromatic nitrogens is 1. The Balaban J connectivity index is 1.45. The normalized spacial score (nSPS) is 13.9. The van der Waals surface area contributed by atoms with Gasteiger partial charge in [-0.2, -0.15) is 0 Å². The number of hydrogen-bond acceptors (Lipinski definition) is 5. The first-order valence-corrected chi connectivity index (χ1v) is 13.3. The average Bonchev–Trinajstić information content (AvgIpc) is 2.99. The zero-order chi connectivity index (χ0) is 27.7. The summed E-state index contributed by atoms with van der Waals surface area (Å²) in [5.41, 5.74) is 3.58. The van der Waals surface area contributed by atoms with Gasteiger partial charge < -0.3 is 19.9 Å². The number of benzene rings is 3. The Morgan fingerprint density at radius 3 is 2.38 bits per heavy atom. The van der Waals surface area contributed by atoms with Gasteiger partial charge in [0.25, 0.3) is 5.91 Å². The second kappa shape index (κ2) is 13.0. The molecule has 0 bridgehead atoms. The number of amides is 2. The summed E-state index contributed by atoms with van der Waals surface area (Å²) in [5.74, 6) is -1.18. The molecule has 1 saturated heterocycles. The van der Waals surface area contributed by atoms with Crippen molar-refractivity contribution >= 4 is 23.2 Å². The van der Waals surface area contributed by atoms with Crippen LogP contribution in [0.1, 0.15) is 22.7 Å². The Hall–Kier alpha value is -4.56. The van der Waals surface area contributed by atoms with Crippen LogP contribution in [-0.4, -0.2) is 48.0 Å². The molecule has 1 fully saturated rings. The van der Waals surface area contributed by atoms with Gasteiger partial charge in [-0.25, -0.2) is 4.39 Å². The van der Waals surface area contributed by atoms with E-state index in [1.54, 1.807) is 30.6 Å². The van der Waals surface area contributed by atoms with Crippen LogP contribution in [0.3, 0.4) is 0 Å². The lowest BCUT2D eigenvalue weighted by Crippen LogP contribution is -2.41. The number of morpholine rings is 1. The molecule has 5 rings (SSSR count). The number of rotatable bonds is 9. The highest BCUT2D eigenvalue weighted by Gasteiger charge is 2.32. The van der Waals surface area contributed by atoms with Crippen molar-refractivity contribution in [1.82, 2.24) is 9.88 Å². The van der Waals surface area contributed by atoms with Gasteiger partial charge in [0.2, 0.25) is 5.91 Å². The first-order chi connectivity index (χ1) is 19.6. The van der Waals surface area contributed by atoms with Gasteiger partial charge in [-0.3, -0.25) is 14.6 Å². The van der Waals surface area contributed by atoms with E-state index < -0.39 is 17.8 Å². The molecule has 4 aromatic rings. The first-order valence-electron chi connectivity index (χ1n) is 13.3. The van der Waals surface area contributed by atoms with E-state index >= 15 is 0 Å². The van der Waals surface area contributed by atoms with E-state index in [0.717, 1.165) is 29.9 Å². The molecule has 0 radical (unpaired) electrons. The van der Waals surface area contributed by atoms with Gasteiger partial charge in [0.1, 0.15) is 11.9 Å². The maximum atomic E-state index is 14.4. The summed E-state index contributed by atoms with van der Waals surface area (Å²) in [6, 6.07) is 25.3. The lowest BCUT2D eigenvalue weighted by molar-refractivity contribution is -0.139. The second-order valence-corrected chi connectivity index (χ2v) is 9.64. The zero-order valence-electron chi connectivity index (χ0n) is 22.1. The number of halogens is 1. The minimum atomic E-state index is -1.08. The topological polar surface area (TPSA) is 74.8 Å². The number of nitrogens with zero attached hydrogens (tertiary/aromatic N) is 3. The summed E-state index contributed by atoms with van der Waals surface area (Å²) in [4.78, 5) is 35.6. The van der Waals surface area contributed by atoms with E-state index in [0.29, 0.717) is 24.5 Å². The summed E-state index contributed by atoms with van der Waals surface area (Å²) < 4.78 is 19.9. The summed E-state index contributed by atoms with van der Waals surface area (Å²) in [6.07, 6.45) is 3.40. The number of carbonyl (C=O) groups excluding carboxylic acids is 2. The van der Waals surface area contributed by atoms with Gasteiger partial charge in [-0.1, -0.05) is 48.5 Å². The Morgan fingerprint density at radius 1 is 0.925 bits per heavy atom. The first kappa shape index (κ1) is 27.0. The maximum absolute atomic E-state index is 14.4. The second-order valence-electron chi connectivity index (χ2n) is 9.64. The van der Waals surface area contributed by atoms with Crippen molar-refractivity contribution < 1.29 is 18.7 Å². The van der Waals surface area contributed by atoms with Crippen LogP contribution in [0.15, 0.2) is 103 Å². The van der Waals surface area contributed by atoms with Crippen LogP contribution in [-0.2, 0) is 27.3 Å². The Labute approximate surface area is 233 Å². The Kier molecular flexibility index (Phi) is 8.78. The van der Waals surface area contributed by atoms with Gasteiger partial charge >= 0.3 is 0 Å². The molecule has 1 aromatic heterocycles. The fraction of sp³-hybridized carbons (Fsp3) is 0.219. The highest BCUT2D eigenvalue weighted by Crippen LogP contribution is 2.28. The number of ether oxygens (including phenoxy) is 1. The van der Waals surface area contributed by atoms with Gasteiger partial charge in [0.15, 0.2) is 0 Å². The summed E-state index contributed by atoms with van der Waals surface area (Å²) in [6.45, 7) is 3.10. The summed E-state index contributed by atoms with van der Waals surface area (Å²) >= 11 is 0. The SMILES string of the molecule is O=C(Nc1ccc(N2CCOCC2)cc1)[C@@H](c1cccc(F)c1)N(Cc1cccnc1)C(=O)Cc1ccccc1. The van der Waals surface area contributed by atoms with Crippen LogP contribution < -0.4 is 10.2 Å². The quantitative estimate of drug-likeness (QED) is 0.324. The Morgan fingerprint density at radius 2 is 1.68 bits per heavy atom. The van der Waals surface area contributed by atoms with Crippen LogP contribution in [0.4, 0.5) is 15.8 Å². The summed E-state index contributed by atoms with van der Waals surface area (Å²) in [5, 5.41) is 2.96. The van der Waals surface area contributed by atoms with Crippen LogP contribution in [0.25, 0.3) is 0 Å². The highest BCUT2D eigenvalue weighted by atomic mass is 19.1. The molecular weight excluding hydrogens is 507 g/mol. The fourth-order valence-electron chi connectivity index (χ4n) is 4.82. The van der Waals surface area contributed by atoms with Crippen molar-refractivity contribution in [3.63, 3.8) is 0 Å². The smallest absolute Gasteiger partial charge is 0.251 e. The van der Waals surface area contributed by atoms with Gasteiger partial charge in [0, 0.05) is 43.4 Å². The molecule has 8 heteroatoms. The predicted molar refractivity (Wildman–Crippen MR) is 152 cm³/mol. The molecule has 204 valence electrons. The molecular formula is C32H31FN4O3. The van der Waals surface area contributed by atoms with Crippen molar-refractivity contribution in [2.75, 3.05) is 36.5 Å². The third-order valence-corrected chi connectivity index (χ3v) is 6.83. The van der Waals surface area contributed by atoms with Crippen LogP contribution >= 0.6 is 0 Å². The number of carbonyl (C=O) groups is 2. The average molecular weight is 539 g/mol. The molecule has 1 atom stereocenters. The van der Waals surface area contributed by atoms with Crippen LogP contribution in [0.2, 0.25) is 0 Å². The molecule has 1 aliphatic rings. The highest BCUT2D eigenvalue weighted by molar-refractivity contribution is 5.98. The van der Waals surface area contributed by atoms with E-state index in [1.807, 2.05) is 60.7 Å². The van der Waals surface area contributed by atoms with Gasteiger partial charge in [0.05, 0.1) is 19.6 Å². The van der Waals surface area contributed by atoms with E-state index in [2.05, 4.69) is 15.2 Å². The van der Waals surface area contributed by atoms with Gasteiger partial charge in [-0.15, -0.1) is 0 Å². The molecule has 7 nitrogen and oxygen atoms in total.